The van der Waals surface area contributed by atoms with Crippen LogP contribution in [0.15, 0.2) is 0 Å². The molecule has 2 radical (unpaired) electrons. The predicted molar refractivity (Wildman–Crippen MR) is 46.8 cm³/mol. The number of hydrogen-bond donors (Lipinski definition) is 0. The van der Waals surface area contributed by atoms with Crippen LogP contribution in [0, 0.1) is 0 Å². The minimum atomic E-state index is -2.32. The quantitative estimate of drug-likeness (QED) is 0.558. The fraction of sp³-hybridized carbons (Fsp3) is 1.00. The first-order valence-corrected chi connectivity index (χ1v) is 5.53. The Bertz CT molecular complexity index is 89.6. The molecule has 64 valence electrons. The molecule has 11 heavy (non-hydrogen) atoms. The van der Waals surface area contributed by atoms with E-state index < -0.39 is 8.80 Å². The summed E-state index contributed by atoms with van der Waals surface area (Å²) in [7, 11) is 7.86. The zero-order valence-electron chi connectivity index (χ0n) is 7.42. The first-order valence-electron chi connectivity index (χ1n) is 3.60. The molecule has 0 aromatic rings. The molecule has 0 atom stereocenters. The van der Waals surface area contributed by atoms with E-state index in [1.54, 1.807) is 21.3 Å². The van der Waals surface area contributed by atoms with Gasteiger partial charge in [0.05, 0.1) is 7.85 Å². The molecule has 5 heteroatoms. The van der Waals surface area contributed by atoms with E-state index >= 15 is 0 Å². The van der Waals surface area contributed by atoms with Crippen LogP contribution in [-0.2, 0) is 13.3 Å². The molecule has 0 saturated heterocycles. The van der Waals surface area contributed by atoms with E-state index in [2.05, 4.69) is 0 Å². The zero-order chi connectivity index (χ0) is 8.74. The van der Waals surface area contributed by atoms with Gasteiger partial charge in [0, 0.05) is 27.4 Å². The predicted octanol–water partition coefficient (Wildman–Crippen LogP) is 0.841. The maximum atomic E-state index is 5.36. The molecule has 0 aromatic carbocycles. The molecular formula is C6H15BO3Si. The van der Waals surface area contributed by atoms with Gasteiger partial charge >= 0.3 is 8.80 Å². The Hall–Kier alpha value is 0.162. The highest BCUT2D eigenvalue weighted by Gasteiger charge is 2.36. The van der Waals surface area contributed by atoms with Gasteiger partial charge in [0.1, 0.15) is 0 Å². The normalized spacial score (nSPS) is 11.9. The van der Waals surface area contributed by atoms with E-state index in [0.29, 0.717) is 6.32 Å². The van der Waals surface area contributed by atoms with Crippen LogP contribution in [0.25, 0.3) is 0 Å². The van der Waals surface area contributed by atoms with Gasteiger partial charge in [-0.3, -0.25) is 0 Å². The Morgan fingerprint density at radius 2 is 1.55 bits per heavy atom. The minimum absolute atomic E-state index is 0.644. The second kappa shape index (κ2) is 5.77. The average Bonchev–Trinajstić information content (AvgIpc) is 2.08. The van der Waals surface area contributed by atoms with Gasteiger partial charge in [-0.25, -0.2) is 0 Å². The van der Waals surface area contributed by atoms with Crippen LogP contribution in [0.5, 0.6) is 0 Å². The zero-order valence-corrected chi connectivity index (χ0v) is 8.42. The molecular weight excluding hydrogens is 159 g/mol. The summed E-state index contributed by atoms with van der Waals surface area (Å²) in [5.74, 6) is 0. The first kappa shape index (κ1) is 11.2. The van der Waals surface area contributed by atoms with E-state index in [9.17, 15) is 0 Å². The topological polar surface area (TPSA) is 27.7 Å². The van der Waals surface area contributed by atoms with Gasteiger partial charge in [0.2, 0.25) is 0 Å². The van der Waals surface area contributed by atoms with Crippen molar-refractivity contribution in [2.45, 2.75) is 18.8 Å². The van der Waals surface area contributed by atoms with E-state index in [-0.39, 0.29) is 0 Å². The van der Waals surface area contributed by atoms with Crippen molar-refractivity contribution in [1.82, 2.24) is 0 Å². The van der Waals surface area contributed by atoms with Crippen molar-refractivity contribution in [3.8, 4) is 0 Å². The fourth-order valence-corrected chi connectivity index (χ4v) is 2.62. The maximum Gasteiger partial charge on any atom is 0.500 e. The third-order valence-electron chi connectivity index (χ3n) is 1.62. The van der Waals surface area contributed by atoms with Crippen molar-refractivity contribution in [3.63, 3.8) is 0 Å². The summed E-state index contributed by atoms with van der Waals surface area (Å²) in [6.07, 6.45) is 1.52. The van der Waals surface area contributed by atoms with Crippen molar-refractivity contribution < 1.29 is 13.3 Å². The Balaban J connectivity index is 3.84. The molecule has 0 saturated carbocycles. The van der Waals surface area contributed by atoms with Gasteiger partial charge < -0.3 is 13.3 Å². The second-order valence-electron chi connectivity index (χ2n) is 2.19. The fourth-order valence-electron chi connectivity index (χ4n) is 0.875. The van der Waals surface area contributed by atoms with Crippen molar-refractivity contribution in [2.24, 2.45) is 0 Å². The van der Waals surface area contributed by atoms with Crippen molar-refractivity contribution >= 4 is 16.7 Å². The molecule has 0 bridgehead atoms. The lowest BCUT2D eigenvalue weighted by Gasteiger charge is -2.23. The van der Waals surface area contributed by atoms with Crippen LogP contribution >= 0.6 is 0 Å². The van der Waals surface area contributed by atoms with Gasteiger partial charge in [0.25, 0.3) is 0 Å². The highest BCUT2D eigenvalue weighted by atomic mass is 28.4. The summed E-state index contributed by atoms with van der Waals surface area (Å²) in [6.45, 7) is 0. The van der Waals surface area contributed by atoms with E-state index in [1.165, 1.54) is 0 Å². The molecule has 0 spiro atoms. The third-order valence-corrected chi connectivity index (χ3v) is 4.45. The Morgan fingerprint density at radius 3 is 1.82 bits per heavy atom. The van der Waals surface area contributed by atoms with E-state index in [4.69, 9.17) is 21.1 Å². The highest BCUT2D eigenvalue weighted by Crippen LogP contribution is 2.15. The van der Waals surface area contributed by atoms with Gasteiger partial charge in [-0.05, 0) is 0 Å². The average molecular weight is 174 g/mol. The standard InChI is InChI=1S/C6H15BO3Si/c1-8-11(9-2,10-3)6-4-5-7/h4-6H2,1-3H3. The Kier molecular flexibility index (Phi) is 5.85. The van der Waals surface area contributed by atoms with Crippen LogP contribution in [0.1, 0.15) is 6.42 Å². The molecule has 0 aromatic heterocycles. The lowest BCUT2D eigenvalue weighted by molar-refractivity contribution is 0.123. The number of rotatable bonds is 6. The van der Waals surface area contributed by atoms with Gasteiger partial charge in [-0.1, -0.05) is 12.7 Å². The van der Waals surface area contributed by atoms with Gasteiger partial charge in [-0.15, -0.1) is 0 Å². The second-order valence-corrected chi connectivity index (χ2v) is 5.28. The molecule has 0 aliphatic carbocycles. The summed E-state index contributed by atoms with van der Waals surface area (Å²) in [5, 5.41) is 0. The van der Waals surface area contributed by atoms with Crippen molar-refractivity contribution in [3.05, 3.63) is 0 Å². The SMILES string of the molecule is [B]CCC[Si](OC)(OC)OC. The van der Waals surface area contributed by atoms with Crippen LogP contribution in [0.2, 0.25) is 12.4 Å². The van der Waals surface area contributed by atoms with E-state index in [0.717, 1.165) is 12.5 Å². The van der Waals surface area contributed by atoms with Gasteiger partial charge in [0.15, 0.2) is 0 Å². The summed E-state index contributed by atoms with van der Waals surface area (Å²) in [4.78, 5) is 0. The lowest BCUT2D eigenvalue weighted by Crippen LogP contribution is -2.42. The summed E-state index contributed by atoms with van der Waals surface area (Å²) >= 11 is 0. The summed E-state index contributed by atoms with van der Waals surface area (Å²) in [5.41, 5.74) is 0. The molecule has 0 aliphatic heterocycles. The molecule has 0 fully saturated rings. The summed E-state index contributed by atoms with van der Waals surface area (Å²) < 4.78 is 15.5. The minimum Gasteiger partial charge on any atom is -0.377 e. The van der Waals surface area contributed by atoms with Crippen LogP contribution in [0.4, 0.5) is 0 Å². The van der Waals surface area contributed by atoms with Crippen LogP contribution < -0.4 is 0 Å². The van der Waals surface area contributed by atoms with Crippen LogP contribution in [-0.4, -0.2) is 38.0 Å². The molecule has 0 rings (SSSR count). The summed E-state index contributed by atoms with van der Waals surface area (Å²) in [6, 6.07) is 0.785. The number of hydrogen-bond acceptors (Lipinski definition) is 3. The molecule has 0 amide bonds. The molecule has 0 N–H and O–H groups in total. The Morgan fingerprint density at radius 1 is 1.09 bits per heavy atom. The molecule has 3 nitrogen and oxygen atoms in total. The maximum absolute atomic E-state index is 5.36. The van der Waals surface area contributed by atoms with Crippen molar-refractivity contribution in [2.75, 3.05) is 21.3 Å². The first-order chi connectivity index (χ1) is 5.24. The van der Waals surface area contributed by atoms with E-state index in [1.807, 2.05) is 0 Å². The largest absolute Gasteiger partial charge is 0.500 e. The monoisotopic (exact) mass is 174 g/mol. The molecule has 0 aliphatic rings. The highest BCUT2D eigenvalue weighted by molar-refractivity contribution is 6.60. The lowest BCUT2D eigenvalue weighted by atomic mass is 10.0. The molecule has 0 heterocycles. The van der Waals surface area contributed by atoms with Crippen LogP contribution in [0.3, 0.4) is 0 Å². The third kappa shape index (κ3) is 3.38. The van der Waals surface area contributed by atoms with Gasteiger partial charge in [-0.2, -0.15) is 0 Å². The Labute approximate surface area is 70.8 Å². The molecule has 0 unspecified atom stereocenters. The van der Waals surface area contributed by atoms with Crippen molar-refractivity contribution in [1.29, 1.82) is 0 Å². The smallest absolute Gasteiger partial charge is 0.377 e.